The first-order valence-corrected chi connectivity index (χ1v) is 6.25. The molecule has 0 saturated heterocycles. The molecule has 5 nitrogen and oxygen atoms in total. The molecule has 2 aromatic carbocycles. The fraction of sp³-hybridized carbons (Fsp3) is 0. The van der Waals surface area contributed by atoms with Crippen molar-refractivity contribution in [2.45, 2.75) is 0 Å². The largest absolute Gasteiger partial charge is 0.399 e. The Morgan fingerprint density at radius 2 is 2.10 bits per heavy atom. The highest BCUT2D eigenvalue weighted by molar-refractivity contribution is 6.33. The molecule has 0 aliphatic heterocycles. The number of hydrogen-bond acceptors (Lipinski definition) is 4. The highest BCUT2D eigenvalue weighted by Gasteiger charge is 2.06. The number of rotatable bonds is 2. The summed E-state index contributed by atoms with van der Waals surface area (Å²) in [7, 11) is 0. The van der Waals surface area contributed by atoms with E-state index in [1.165, 1.54) is 0 Å². The lowest BCUT2D eigenvalue weighted by Gasteiger charge is -2.05. The van der Waals surface area contributed by atoms with E-state index in [1.807, 2.05) is 18.2 Å². The number of anilines is 3. The summed E-state index contributed by atoms with van der Waals surface area (Å²) in [5.74, 6) is 0.567. The minimum Gasteiger partial charge on any atom is -0.399 e. The number of fused-ring (bicyclic) bond motifs is 1. The van der Waals surface area contributed by atoms with Gasteiger partial charge in [0.05, 0.1) is 33.4 Å². The maximum absolute atomic E-state index is 8.80. The summed E-state index contributed by atoms with van der Waals surface area (Å²) in [6.45, 7) is 0. The second-order valence-electron chi connectivity index (χ2n) is 4.29. The second kappa shape index (κ2) is 4.76. The summed E-state index contributed by atoms with van der Waals surface area (Å²) in [5, 5.41) is 12.4. The van der Waals surface area contributed by atoms with Crippen LogP contribution in [0.15, 0.2) is 36.4 Å². The molecule has 20 heavy (non-hydrogen) atoms. The molecule has 98 valence electrons. The zero-order chi connectivity index (χ0) is 14.1. The Morgan fingerprint density at radius 3 is 2.85 bits per heavy atom. The number of nitrogen functional groups attached to an aromatic ring is 1. The molecule has 3 rings (SSSR count). The Bertz CT molecular complexity index is 831. The predicted octanol–water partition coefficient (Wildman–Crippen LogP) is 3.41. The van der Waals surface area contributed by atoms with E-state index in [2.05, 4.69) is 15.3 Å². The van der Waals surface area contributed by atoms with Gasteiger partial charge in [-0.25, -0.2) is 4.98 Å². The van der Waals surface area contributed by atoms with Gasteiger partial charge in [0.25, 0.3) is 0 Å². The molecule has 1 aromatic heterocycles. The van der Waals surface area contributed by atoms with Crippen LogP contribution < -0.4 is 11.1 Å². The van der Waals surface area contributed by atoms with E-state index >= 15 is 0 Å². The number of benzene rings is 2. The van der Waals surface area contributed by atoms with Gasteiger partial charge in [-0.05, 0) is 36.4 Å². The number of nitrogens with two attached hydrogens (primary N) is 1. The van der Waals surface area contributed by atoms with Gasteiger partial charge in [-0.2, -0.15) is 5.26 Å². The first-order valence-electron chi connectivity index (χ1n) is 5.87. The fourth-order valence-electron chi connectivity index (χ4n) is 1.90. The maximum atomic E-state index is 8.80. The van der Waals surface area contributed by atoms with E-state index in [1.54, 1.807) is 24.3 Å². The van der Waals surface area contributed by atoms with Gasteiger partial charge in [-0.15, -0.1) is 0 Å². The molecule has 0 aliphatic rings. The van der Waals surface area contributed by atoms with E-state index in [4.69, 9.17) is 22.6 Å². The molecular weight excluding hydrogens is 274 g/mol. The van der Waals surface area contributed by atoms with Crippen molar-refractivity contribution in [3.63, 3.8) is 0 Å². The van der Waals surface area contributed by atoms with Crippen molar-refractivity contribution < 1.29 is 0 Å². The SMILES string of the molecule is N#Cc1ccc(Nc2nc3ccc(N)cc3[nH]2)c(Cl)c1. The zero-order valence-corrected chi connectivity index (χ0v) is 11.1. The highest BCUT2D eigenvalue weighted by Crippen LogP contribution is 2.26. The van der Waals surface area contributed by atoms with E-state index in [-0.39, 0.29) is 0 Å². The number of halogens is 1. The molecule has 0 unspecified atom stereocenters. The highest BCUT2D eigenvalue weighted by atomic mass is 35.5. The third kappa shape index (κ3) is 2.25. The summed E-state index contributed by atoms with van der Waals surface area (Å²) in [4.78, 5) is 7.50. The van der Waals surface area contributed by atoms with Crippen LogP contribution >= 0.6 is 11.6 Å². The summed E-state index contributed by atoms with van der Waals surface area (Å²) in [5.41, 5.74) is 9.24. The molecule has 0 aliphatic carbocycles. The summed E-state index contributed by atoms with van der Waals surface area (Å²) in [6.07, 6.45) is 0. The number of imidazole rings is 1. The average molecular weight is 284 g/mol. The molecule has 6 heteroatoms. The molecular formula is C14H10ClN5. The van der Waals surface area contributed by atoms with Crippen molar-refractivity contribution in [3.8, 4) is 6.07 Å². The molecule has 0 bridgehead atoms. The van der Waals surface area contributed by atoms with Crippen molar-refractivity contribution in [2.24, 2.45) is 0 Å². The minimum atomic E-state index is 0.462. The minimum absolute atomic E-state index is 0.462. The number of H-pyrrole nitrogens is 1. The normalized spacial score (nSPS) is 10.4. The van der Waals surface area contributed by atoms with E-state index < -0.39 is 0 Å². The zero-order valence-electron chi connectivity index (χ0n) is 10.3. The lowest BCUT2D eigenvalue weighted by Crippen LogP contribution is -1.93. The van der Waals surface area contributed by atoms with Gasteiger partial charge in [-0.3, -0.25) is 0 Å². The first-order chi connectivity index (χ1) is 9.65. The van der Waals surface area contributed by atoms with Crippen molar-refractivity contribution >= 4 is 40.0 Å². The predicted molar refractivity (Wildman–Crippen MR) is 80.0 cm³/mol. The Morgan fingerprint density at radius 1 is 1.25 bits per heavy atom. The monoisotopic (exact) mass is 283 g/mol. The number of aromatic nitrogens is 2. The number of nitriles is 1. The number of aromatic amines is 1. The summed E-state index contributed by atoms with van der Waals surface area (Å²) >= 11 is 6.11. The lowest BCUT2D eigenvalue weighted by molar-refractivity contribution is 1.31. The average Bonchev–Trinajstić information content (AvgIpc) is 2.82. The third-order valence-electron chi connectivity index (χ3n) is 2.86. The molecule has 0 radical (unpaired) electrons. The number of hydrogen-bond donors (Lipinski definition) is 3. The summed E-state index contributed by atoms with van der Waals surface area (Å²) < 4.78 is 0. The van der Waals surface area contributed by atoms with E-state index in [0.29, 0.717) is 27.9 Å². The van der Waals surface area contributed by atoms with Crippen LogP contribution in [0.4, 0.5) is 17.3 Å². The fourth-order valence-corrected chi connectivity index (χ4v) is 2.13. The van der Waals surface area contributed by atoms with Crippen LogP contribution in [-0.2, 0) is 0 Å². The molecule has 4 N–H and O–H groups in total. The first kappa shape index (κ1) is 12.3. The van der Waals surface area contributed by atoms with E-state index in [9.17, 15) is 0 Å². The van der Waals surface area contributed by atoms with Crippen molar-refractivity contribution in [1.29, 1.82) is 5.26 Å². The Hall–Kier alpha value is -2.71. The van der Waals surface area contributed by atoms with Crippen LogP contribution in [0.25, 0.3) is 11.0 Å². The van der Waals surface area contributed by atoms with Crippen LogP contribution in [-0.4, -0.2) is 9.97 Å². The topological polar surface area (TPSA) is 90.5 Å². The second-order valence-corrected chi connectivity index (χ2v) is 4.70. The van der Waals surface area contributed by atoms with Gasteiger partial charge < -0.3 is 16.0 Å². The van der Waals surface area contributed by atoms with Gasteiger partial charge in [0.2, 0.25) is 5.95 Å². The Labute approximate surface area is 120 Å². The third-order valence-corrected chi connectivity index (χ3v) is 3.17. The van der Waals surface area contributed by atoms with Gasteiger partial charge in [0.1, 0.15) is 0 Å². The Balaban J connectivity index is 1.95. The molecule has 3 aromatic rings. The molecule has 1 heterocycles. The Kier molecular flexibility index (Phi) is 2.93. The summed E-state index contributed by atoms with van der Waals surface area (Å²) in [6, 6.07) is 12.5. The van der Waals surface area contributed by atoms with Gasteiger partial charge in [-0.1, -0.05) is 11.6 Å². The standard InChI is InChI=1S/C14H10ClN5/c15-10-5-8(7-16)1-3-11(10)18-14-19-12-4-2-9(17)6-13(12)20-14/h1-6H,17H2,(H2,18,19,20). The van der Waals surface area contributed by atoms with Gasteiger partial charge in [0, 0.05) is 5.69 Å². The molecule has 0 saturated carbocycles. The van der Waals surface area contributed by atoms with Crippen LogP contribution in [0.5, 0.6) is 0 Å². The van der Waals surface area contributed by atoms with Gasteiger partial charge in [0.15, 0.2) is 0 Å². The smallest absolute Gasteiger partial charge is 0.205 e. The lowest BCUT2D eigenvalue weighted by atomic mass is 10.2. The molecule has 0 spiro atoms. The quantitative estimate of drug-likeness (QED) is 0.629. The molecule has 0 fully saturated rings. The van der Waals surface area contributed by atoms with Crippen molar-refractivity contribution in [2.75, 3.05) is 11.1 Å². The maximum Gasteiger partial charge on any atom is 0.205 e. The molecule has 0 atom stereocenters. The number of nitrogens with one attached hydrogen (secondary N) is 2. The molecule has 0 amide bonds. The van der Waals surface area contributed by atoms with Crippen LogP contribution in [0.3, 0.4) is 0 Å². The van der Waals surface area contributed by atoms with Gasteiger partial charge >= 0.3 is 0 Å². The van der Waals surface area contributed by atoms with Crippen LogP contribution in [0.1, 0.15) is 5.56 Å². The van der Waals surface area contributed by atoms with E-state index in [0.717, 1.165) is 11.0 Å². The van der Waals surface area contributed by atoms with Crippen LogP contribution in [0.2, 0.25) is 5.02 Å². The van der Waals surface area contributed by atoms with Crippen LogP contribution in [0, 0.1) is 11.3 Å². The van der Waals surface area contributed by atoms with Crippen molar-refractivity contribution in [1.82, 2.24) is 9.97 Å². The number of nitrogens with zero attached hydrogens (tertiary/aromatic N) is 2. The van der Waals surface area contributed by atoms with Crippen molar-refractivity contribution in [3.05, 3.63) is 47.0 Å².